The first kappa shape index (κ1) is 15.1. The topological polar surface area (TPSA) is 121 Å². The summed E-state index contributed by atoms with van der Waals surface area (Å²) in [7, 11) is -4.43. The predicted octanol–water partition coefficient (Wildman–Crippen LogP) is 0.909. The highest BCUT2D eigenvalue weighted by molar-refractivity contribution is 7.85. The average Bonchev–Trinajstić information content (AvgIpc) is 2.24. The van der Waals surface area contributed by atoms with E-state index in [2.05, 4.69) is 5.32 Å². The van der Waals surface area contributed by atoms with Crippen LogP contribution in [0.15, 0.2) is 23.1 Å². The Hall–Kier alpha value is -1.93. The third kappa shape index (κ3) is 4.68. The molecule has 0 spiro atoms. The first-order valence-electron chi connectivity index (χ1n) is 5.30. The van der Waals surface area contributed by atoms with Crippen LogP contribution in [0.1, 0.15) is 18.9 Å². The summed E-state index contributed by atoms with van der Waals surface area (Å²) in [5.41, 5.74) is 0.469. The number of benzene rings is 1. The van der Waals surface area contributed by atoms with Gasteiger partial charge in [0.05, 0.1) is 4.90 Å². The molecule has 1 aromatic carbocycles. The molecule has 0 unspecified atom stereocenters. The van der Waals surface area contributed by atoms with Crippen LogP contribution in [-0.4, -0.2) is 30.0 Å². The molecule has 0 aliphatic heterocycles. The number of carbonyl (C=O) groups excluding carboxylic acids is 1. The third-order valence-electron chi connectivity index (χ3n) is 2.27. The van der Waals surface area contributed by atoms with Crippen LogP contribution in [0.2, 0.25) is 0 Å². The number of rotatable bonds is 5. The van der Waals surface area contributed by atoms with Crippen LogP contribution in [0.5, 0.6) is 0 Å². The maximum absolute atomic E-state index is 11.2. The Kier molecular flexibility index (Phi) is 4.62. The van der Waals surface area contributed by atoms with Gasteiger partial charge in [-0.05, 0) is 30.2 Å². The number of amides is 1. The summed E-state index contributed by atoms with van der Waals surface area (Å²) < 4.78 is 31.4. The predicted molar refractivity (Wildman–Crippen MR) is 66.5 cm³/mol. The number of aryl methyl sites for hydroxylation is 1. The molecule has 0 radical (unpaired) electrons. The van der Waals surface area contributed by atoms with Crippen LogP contribution < -0.4 is 5.32 Å². The van der Waals surface area contributed by atoms with Crippen molar-refractivity contribution in [2.24, 2.45) is 0 Å². The third-order valence-corrected chi connectivity index (χ3v) is 3.22. The molecule has 1 aromatic rings. The van der Waals surface area contributed by atoms with E-state index in [1.54, 1.807) is 0 Å². The smallest absolute Gasteiger partial charge is 0.303 e. The molecule has 0 aromatic heterocycles. The Morgan fingerprint density at radius 3 is 2.42 bits per heavy atom. The van der Waals surface area contributed by atoms with E-state index in [1.807, 2.05) is 0 Å². The molecule has 3 N–H and O–H groups in total. The van der Waals surface area contributed by atoms with Gasteiger partial charge in [0.15, 0.2) is 0 Å². The molecule has 104 valence electrons. The molecule has 1 rings (SSSR count). The summed E-state index contributed by atoms with van der Waals surface area (Å²) >= 11 is 0. The summed E-state index contributed by atoms with van der Waals surface area (Å²) in [6, 6.07) is 3.76. The lowest BCUT2D eigenvalue weighted by molar-refractivity contribution is -0.137. The van der Waals surface area contributed by atoms with E-state index in [9.17, 15) is 18.0 Å². The maximum atomic E-state index is 11.2. The Morgan fingerprint density at radius 2 is 1.95 bits per heavy atom. The quantitative estimate of drug-likeness (QED) is 0.692. The molecule has 19 heavy (non-hydrogen) atoms. The molecule has 7 nitrogen and oxygen atoms in total. The molecular formula is C11H13NO6S. The number of carboxylic acids is 1. The molecule has 8 heteroatoms. The zero-order chi connectivity index (χ0) is 14.6. The first-order chi connectivity index (χ1) is 8.70. The second kappa shape index (κ2) is 5.81. The molecule has 0 saturated heterocycles. The second-order valence-electron chi connectivity index (χ2n) is 3.87. The van der Waals surface area contributed by atoms with Gasteiger partial charge in [0.25, 0.3) is 10.1 Å². The minimum atomic E-state index is -4.43. The molecule has 1 amide bonds. The molecule has 0 aliphatic rings. The number of hydrogen-bond donors (Lipinski definition) is 3. The molecule has 0 fully saturated rings. The summed E-state index contributed by atoms with van der Waals surface area (Å²) in [6.07, 6.45) is -0.357. The van der Waals surface area contributed by atoms with E-state index in [1.165, 1.54) is 19.1 Å². The number of nitrogens with one attached hydrogen (secondary N) is 1. The zero-order valence-electron chi connectivity index (χ0n) is 10.1. The lowest BCUT2D eigenvalue weighted by Crippen LogP contribution is -2.09. The minimum Gasteiger partial charge on any atom is -0.481 e. The van der Waals surface area contributed by atoms with Crippen molar-refractivity contribution in [3.05, 3.63) is 23.8 Å². The Morgan fingerprint density at radius 1 is 1.32 bits per heavy atom. The van der Waals surface area contributed by atoms with Crippen molar-refractivity contribution in [1.82, 2.24) is 0 Å². The summed E-state index contributed by atoms with van der Waals surface area (Å²) in [5.74, 6) is -1.44. The minimum absolute atomic E-state index is 0.0715. The number of carboxylic acid groups (broad SMARTS) is 1. The van der Waals surface area contributed by atoms with E-state index in [-0.39, 0.29) is 29.2 Å². The van der Waals surface area contributed by atoms with Crippen LogP contribution in [-0.2, 0) is 26.1 Å². The van der Waals surface area contributed by atoms with Gasteiger partial charge in [-0.15, -0.1) is 0 Å². The van der Waals surface area contributed by atoms with Crippen LogP contribution >= 0.6 is 0 Å². The standard InChI is InChI=1S/C11H13NO6S/c1-7(13)12-9-3-4-10(19(16,17)18)8(6-9)2-5-11(14)15/h3-4,6H,2,5H2,1H3,(H,12,13)(H,14,15)(H,16,17,18). The highest BCUT2D eigenvalue weighted by Crippen LogP contribution is 2.21. The molecule has 0 saturated carbocycles. The van der Waals surface area contributed by atoms with Crippen molar-refractivity contribution in [3.8, 4) is 0 Å². The summed E-state index contributed by atoms with van der Waals surface area (Å²) in [4.78, 5) is 21.1. The molecular weight excluding hydrogens is 274 g/mol. The Labute approximate surface area is 110 Å². The first-order valence-corrected chi connectivity index (χ1v) is 6.74. The fourth-order valence-electron chi connectivity index (χ4n) is 1.55. The average molecular weight is 287 g/mol. The van der Waals surface area contributed by atoms with E-state index in [0.717, 1.165) is 6.07 Å². The van der Waals surface area contributed by atoms with Gasteiger partial charge in [0, 0.05) is 19.0 Å². The van der Waals surface area contributed by atoms with Gasteiger partial charge in [-0.25, -0.2) is 0 Å². The van der Waals surface area contributed by atoms with Crippen LogP contribution in [0.3, 0.4) is 0 Å². The SMILES string of the molecule is CC(=O)Nc1ccc(S(=O)(=O)O)c(CCC(=O)O)c1. The highest BCUT2D eigenvalue weighted by Gasteiger charge is 2.16. The summed E-state index contributed by atoms with van der Waals surface area (Å²) in [6.45, 7) is 1.29. The molecule has 0 bridgehead atoms. The summed E-state index contributed by atoms with van der Waals surface area (Å²) in [5, 5.41) is 11.1. The van der Waals surface area contributed by atoms with Gasteiger partial charge in [0.1, 0.15) is 0 Å². The fourth-order valence-corrected chi connectivity index (χ4v) is 2.28. The maximum Gasteiger partial charge on any atom is 0.303 e. The van der Waals surface area contributed by atoms with E-state index in [0.29, 0.717) is 5.69 Å². The van der Waals surface area contributed by atoms with Gasteiger partial charge in [-0.1, -0.05) is 0 Å². The van der Waals surface area contributed by atoms with Gasteiger partial charge in [-0.2, -0.15) is 8.42 Å². The van der Waals surface area contributed by atoms with Crippen LogP contribution in [0.4, 0.5) is 5.69 Å². The Bertz CT molecular complexity index is 608. The molecule has 0 heterocycles. The van der Waals surface area contributed by atoms with Crippen molar-refractivity contribution in [3.63, 3.8) is 0 Å². The lowest BCUT2D eigenvalue weighted by atomic mass is 10.1. The van der Waals surface area contributed by atoms with Gasteiger partial charge in [0.2, 0.25) is 5.91 Å². The monoisotopic (exact) mass is 287 g/mol. The number of hydrogen-bond acceptors (Lipinski definition) is 4. The van der Waals surface area contributed by atoms with Crippen molar-refractivity contribution >= 4 is 27.7 Å². The lowest BCUT2D eigenvalue weighted by Gasteiger charge is -2.09. The van der Waals surface area contributed by atoms with E-state index in [4.69, 9.17) is 9.66 Å². The van der Waals surface area contributed by atoms with Crippen molar-refractivity contribution < 1.29 is 27.7 Å². The number of aliphatic carboxylic acids is 1. The fraction of sp³-hybridized carbons (Fsp3) is 0.273. The largest absolute Gasteiger partial charge is 0.481 e. The van der Waals surface area contributed by atoms with Gasteiger partial charge in [-0.3, -0.25) is 14.1 Å². The van der Waals surface area contributed by atoms with E-state index >= 15 is 0 Å². The number of anilines is 1. The highest BCUT2D eigenvalue weighted by atomic mass is 32.2. The van der Waals surface area contributed by atoms with Crippen molar-refractivity contribution in [2.75, 3.05) is 5.32 Å². The molecule has 0 atom stereocenters. The Balaban J connectivity index is 3.18. The van der Waals surface area contributed by atoms with Crippen LogP contribution in [0.25, 0.3) is 0 Å². The number of carbonyl (C=O) groups is 2. The molecule has 0 aliphatic carbocycles. The van der Waals surface area contributed by atoms with Crippen molar-refractivity contribution in [1.29, 1.82) is 0 Å². The zero-order valence-corrected chi connectivity index (χ0v) is 10.9. The van der Waals surface area contributed by atoms with Gasteiger partial charge < -0.3 is 10.4 Å². The van der Waals surface area contributed by atoms with Gasteiger partial charge >= 0.3 is 5.97 Å². The second-order valence-corrected chi connectivity index (χ2v) is 5.26. The van der Waals surface area contributed by atoms with Crippen LogP contribution in [0, 0.1) is 0 Å². The van der Waals surface area contributed by atoms with Crippen molar-refractivity contribution in [2.45, 2.75) is 24.7 Å². The van der Waals surface area contributed by atoms with E-state index < -0.39 is 16.1 Å². The normalized spacial score (nSPS) is 11.1.